The zero-order chi connectivity index (χ0) is 109. The van der Waals surface area contributed by atoms with Crippen LogP contribution >= 0.6 is 98.0 Å². The van der Waals surface area contributed by atoms with Crippen LogP contribution in [0.15, 0.2) is 201 Å². The molecule has 13 heterocycles. The Labute approximate surface area is 898 Å². The molecule has 37 nitrogen and oxygen atoms in total. The number of aromatic nitrogens is 13. The molecule has 0 aliphatic rings. The van der Waals surface area contributed by atoms with Gasteiger partial charge >= 0.3 is 35.8 Å². The first-order valence-corrected chi connectivity index (χ1v) is 50.9. The number of nitriles is 2. The third kappa shape index (κ3) is 33.9. The Morgan fingerprint density at radius 2 is 0.932 bits per heavy atom. The molecule has 5 N–H and O–H groups in total. The van der Waals surface area contributed by atoms with Gasteiger partial charge in [-0.25, -0.2) is 65.3 Å². The van der Waals surface area contributed by atoms with Crippen LogP contribution in [0.1, 0.15) is 175 Å². The van der Waals surface area contributed by atoms with Crippen LogP contribution in [-0.4, -0.2) is 148 Å². The van der Waals surface area contributed by atoms with Crippen molar-refractivity contribution in [3.63, 3.8) is 0 Å². The molecule has 0 spiro atoms. The van der Waals surface area contributed by atoms with Gasteiger partial charge < -0.3 is 38.7 Å². The Hall–Kier alpha value is -14.8. The van der Waals surface area contributed by atoms with Crippen LogP contribution in [0.25, 0.3) is 50.1 Å². The summed E-state index contributed by atoms with van der Waals surface area (Å²) in [7, 11) is 3.85. The molecular weight excluding hydrogens is 2230 g/mol. The molecule has 3 aromatic carbocycles. The van der Waals surface area contributed by atoms with Crippen LogP contribution in [0, 0.1) is 73.3 Å². The third-order valence-electron chi connectivity index (χ3n) is 19.7. The van der Waals surface area contributed by atoms with Gasteiger partial charge in [0.15, 0.2) is 9.60 Å². The van der Waals surface area contributed by atoms with Crippen molar-refractivity contribution in [1.82, 2.24) is 63.0 Å². The number of nitrogens with zero attached hydrogens (tertiary/aromatic N) is 18. The molecule has 0 saturated heterocycles. The molecule has 0 saturated carbocycles. The maximum absolute atomic E-state index is 13.3. The van der Waals surface area contributed by atoms with Crippen molar-refractivity contribution in [3.8, 4) is 52.2 Å². The van der Waals surface area contributed by atoms with E-state index in [9.17, 15) is 58.2 Å². The molecule has 2 amide bonds. The number of pyridine rings is 6. The number of non-ortho nitro benzene ring substituents is 1. The number of aryl methyl sites for hydroxylation is 6. The van der Waals surface area contributed by atoms with E-state index in [2.05, 4.69) is 163 Å². The first kappa shape index (κ1) is 118. The number of nitrogens with one attached hydrogen (secondary N) is 3. The number of nitro benzene ring substituents is 2. The van der Waals surface area contributed by atoms with Crippen molar-refractivity contribution in [2.75, 3.05) is 54.8 Å². The van der Waals surface area contributed by atoms with E-state index in [1.165, 1.54) is 35.6 Å². The number of esters is 3. The summed E-state index contributed by atoms with van der Waals surface area (Å²) < 4.78 is 64.1. The van der Waals surface area contributed by atoms with E-state index in [1.807, 2.05) is 196 Å². The summed E-state index contributed by atoms with van der Waals surface area (Å²) in [5, 5.41) is 70.7. The van der Waals surface area contributed by atoms with Gasteiger partial charge in [-0.15, -0.1) is 0 Å². The van der Waals surface area contributed by atoms with E-state index in [4.69, 9.17) is 46.7 Å². The summed E-state index contributed by atoms with van der Waals surface area (Å²) >= 11 is 21.9. The number of halogens is 7. The zero-order valence-corrected chi connectivity index (χ0v) is 92.6. The number of rotatable bonds is 20. The van der Waals surface area contributed by atoms with E-state index in [0.717, 1.165) is 146 Å². The van der Waals surface area contributed by atoms with Crippen molar-refractivity contribution >= 4 is 195 Å². The number of hydrogen-bond donors (Lipinski definition) is 4. The molecule has 0 atom stereocenters. The van der Waals surface area contributed by atoms with E-state index < -0.39 is 50.6 Å². The number of fused-ring (bicyclic) bond motifs is 5. The number of thiazole rings is 2. The van der Waals surface area contributed by atoms with Crippen LogP contribution < -0.4 is 31.6 Å². The van der Waals surface area contributed by atoms with Crippen LogP contribution in [0.4, 0.5) is 57.6 Å². The summed E-state index contributed by atoms with van der Waals surface area (Å²) in [6.45, 7) is 31.5. The summed E-state index contributed by atoms with van der Waals surface area (Å²) in [5.41, 5.74) is 15.2. The number of carbonyl (C=O) groups excluding carboxylic acids is 5. The van der Waals surface area contributed by atoms with Crippen LogP contribution in [-0.2, 0) is 60.6 Å². The van der Waals surface area contributed by atoms with Crippen molar-refractivity contribution in [2.24, 2.45) is 5.90 Å². The molecule has 0 bridgehead atoms. The van der Waals surface area contributed by atoms with E-state index >= 15 is 0 Å². The van der Waals surface area contributed by atoms with Crippen molar-refractivity contribution in [3.05, 3.63) is 292 Å². The molecule has 0 radical (unpaired) electrons. The Morgan fingerprint density at radius 3 is 1.37 bits per heavy atom. The maximum Gasteiger partial charge on any atom is 0.412 e. The minimum absolute atomic E-state index is 0.222. The average molecular weight is 2340 g/mol. The van der Waals surface area contributed by atoms with Gasteiger partial charge in [0.1, 0.15) is 67.2 Å². The highest BCUT2D eigenvalue weighted by molar-refractivity contribution is 9.11. The number of benzene rings is 3. The predicted molar refractivity (Wildman–Crippen MR) is 581 cm³/mol. The average Bonchev–Trinajstić information content (AvgIpc) is 1.63. The molecule has 16 aromatic rings. The summed E-state index contributed by atoms with van der Waals surface area (Å²) in [5.74, 6) is 7.78. The largest absolute Gasteiger partial charge is 0.462 e. The molecule has 46 heteroatoms. The smallest absolute Gasteiger partial charge is 0.412 e. The van der Waals surface area contributed by atoms with Gasteiger partial charge in [-0.05, 0) is 234 Å². The Balaban J connectivity index is 0.000000206. The quantitative estimate of drug-likeness (QED) is 0.0137. The minimum atomic E-state index is -0.810. The first-order valence-electron chi connectivity index (χ1n) is 45.7. The molecular formula is C102H107Br4ClF2N22O15S2. The lowest BCUT2D eigenvalue weighted by Gasteiger charge is -2.19. The van der Waals surface area contributed by atoms with Gasteiger partial charge in [0.2, 0.25) is 5.75 Å². The first-order chi connectivity index (χ1) is 70.4. The summed E-state index contributed by atoms with van der Waals surface area (Å²) in [4.78, 5) is 96.2. The van der Waals surface area contributed by atoms with Gasteiger partial charge in [0.05, 0.1) is 109 Å². The predicted octanol–water partition coefficient (Wildman–Crippen LogP) is 25.1. The fraction of sp³-hybridized carbons (Fsp3) is 0.284. The highest BCUT2D eigenvalue weighted by Gasteiger charge is 2.28. The minimum Gasteiger partial charge on any atom is -0.462 e. The van der Waals surface area contributed by atoms with Crippen LogP contribution in [0.3, 0.4) is 0 Å². The zero-order valence-electron chi connectivity index (χ0n) is 83.9. The van der Waals surface area contributed by atoms with Crippen molar-refractivity contribution < 1.29 is 71.1 Å². The van der Waals surface area contributed by atoms with Gasteiger partial charge in [-0.3, -0.25) is 35.8 Å². The van der Waals surface area contributed by atoms with E-state index in [1.54, 1.807) is 83.1 Å². The SMILES string of the molecule is CC(C)(C)OC(=O)Nc1ccncc1.CCC#CC(=O)OCC.CCOC(=O)c1c(CC)nn2ccc(Br)cc12.CCOC(=O)c1c(CC)nn2ccc(C)cc12.CCc1nn2ccc(Br)cc2c1N(C)c1nc(-c2ccc(F)cc2)c(C#N)s1.CCc1nn2ccc(Br)cc2c1NC.CCc1nn2ccc(Br)cc2c1NC(=O)OC(C)(C)C.N#Cc1sc(Cl)nc1-c1ccc(F)cc1.NOc1ccc([N+](=O)[O-])cc1[N+](=O)[O-]. The number of hydrogen-bond acceptors (Lipinski definition) is 30. The van der Waals surface area contributed by atoms with E-state index in [-0.39, 0.29) is 29.3 Å². The molecule has 148 heavy (non-hydrogen) atoms. The molecule has 16 rings (SSSR count). The Kier molecular flexibility index (Phi) is 45.5. The lowest BCUT2D eigenvalue weighted by molar-refractivity contribution is -0.394. The number of anilines is 5. The Morgan fingerprint density at radius 1 is 0.520 bits per heavy atom. The Bertz CT molecular complexity index is 7390. The fourth-order valence-electron chi connectivity index (χ4n) is 13.4. The van der Waals surface area contributed by atoms with Crippen molar-refractivity contribution in [2.45, 2.75) is 161 Å². The molecule has 0 fully saturated rings. The van der Waals surface area contributed by atoms with Crippen LogP contribution in [0.5, 0.6) is 5.75 Å². The van der Waals surface area contributed by atoms with Gasteiger partial charge in [-0.1, -0.05) is 145 Å². The second kappa shape index (κ2) is 56.8. The summed E-state index contributed by atoms with van der Waals surface area (Å²) in [6, 6.07) is 41.8. The molecule has 0 aliphatic heterocycles. The fourth-order valence-corrected chi connectivity index (χ4v) is 16.5. The second-order valence-corrected chi connectivity index (χ2v) is 38.8. The van der Waals surface area contributed by atoms with E-state index in [0.29, 0.717) is 97.0 Å². The lowest BCUT2D eigenvalue weighted by atomic mass is 10.1. The highest BCUT2D eigenvalue weighted by Crippen LogP contribution is 2.40. The summed E-state index contributed by atoms with van der Waals surface area (Å²) in [6.07, 6.45) is 16.2. The number of amides is 2. The molecule has 0 aliphatic carbocycles. The number of nitro groups is 2. The van der Waals surface area contributed by atoms with Crippen LogP contribution in [0.2, 0.25) is 4.47 Å². The number of ether oxygens (including phenoxy) is 5. The monoisotopic (exact) mass is 2330 g/mol. The lowest BCUT2D eigenvalue weighted by Crippen LogP contribution is -2.27. The normalized spacial score (nSPS) is 10.5. The number of nitrogens with two attached hydrogens (primary N) is 1. The second-order valence-electron chi connectivity index (χ2n) is 32.5. The maximum atomic E-state index is 13.3. The van der Waals surface area contributed by atoms with Crippen molar-refractivity contribution in [1.29, 1.82) is 10.5 Å². The van der Waals surface area contributed by atoms with Gasteiger partial charge in [0.25, 0.3) is 5.69 Å². The standard InChI is InChI=1S/C20H15BrFN5S.C14H18BrN3O2.C13H16N2O2.C12H13BrN2O2.C10H12BrN3.C10H4ClFN2S.C10H14N2O2.C7H10O2.C6H5N3O5/c1-3-15-19(16-10-13(21)8-9-27(16)25-15)26(2)20-24-18(17(11-23)28-20)12-4-6-14(22)7-5-12;1-5-10-12(16-13(19)20-14(2,3)4)11-8-9(15)6-7-18(11)17-10;1-4-10-12(13(16)17-5-2)11-8-9(3)6-7-15(11)14-10;1-3-9-11(12(16)17-4-2)10-7-8(13)5-6-15(10)14-9;1-3-8-10(12-2)9-6-7(11)4-5-14(9)13-8;11-10-14-9(8(5-13)15-10)6-1-3-7(12)4-2-6;1-10(2,3)14-9(13)12-8-4-6-11-7-5-8;1-3-5-6-7(8)9-4-2;7-14-6-2-1-4(8(10)11)3-5(6)9(12)13/h4-10H,3H2,1-2H3;6-8H,5H2,1-4H3,(H,16,19);6-8H,4-5H2,1-3H3;5-7H,3-4H2,1-2H3;4-6,12H,3H2,1-2H3;1-4H;4-7H,1-3H3,(H,11,12,13);3-4H2,1-2H3;1-3H,7H2. The molecule has 13 aromatic heterocycles. The topological polar surface area (TPSA) is 465 Å². The number of carbonyl (C=O) groups is 5. The molecule has 776 valence electrons. The third-order valence-corrected chi connectivity index (χ3v) is 23.8. The van der Waals surface area contributed by atoms with Gasteiger partial charge in [0, 0.05) is 111 Å². The molecule has 0 unspecified atom stereocenters. The highest BCUT2D eigenvalue weighted by atomic mass is 79.9. The van der Waals surface area contributed by atoms with Gasteiger partial charge in [-0.2, -0.15) is 41.9 Å².